The third-order valence-electron chi connectivity index (χ3n) is 6.32. The van der Waals surface area contributed by atoms with Crippen LogP contribution in [0.3, 0.4) is 0 Å². The number of rotatable bonds is 5. The average molecular weight is 496 g/mol. The van der Waals surface area contributed by atoms with Crippen LogP contribution in [0.2, 0.25) is 0 Å². The summed E-state index contributed by atoms with van der Waals surface area (Å²) >= 11 is 0. The van der Waals surface area contributed by atoms with Gasteiger partial charge >= 0.3 is 5.97 Å². The SMILES string of the molecule is Cc1ccc(-n2c(O)c(N=Nc3cccc(-c4cccc(C(=O)O)c4)c3O)c3ccc(F)cc32)cc1C. The molecule has 0 radical (unpaired) electrons. The molecule has 0 saturated heterocycles. The third-order valence-corrected chi connectivity index (χ3v) is 6.32. The smallest absolute Gasteiger partial charge is 0.335 e. The highest BCUT2D eigenvalue weighted by Gasteiger charge is 2.19. The monoisotopic (exact) mass is 495 g/mol. The summed E-state index contributed by atoms with van der Waals surface area (Å²) < 4.78 is 15.7. The number of azo groups is 1. The van der Waals surface area contributed by atoms with Crippen LogP contribution < -0.4 is 0 Å². The summed E-state index contributed by atoms with van der Waals surface area (Å²) in [6.45, 7) is 3.93. The van der Waals surface area contributed by atoms with Crippen LogP contribution in [0.4, 0.5) is 15.8 Å². The molecule has 7 nitrogen and oxygen atoms in total. The van der Waals surface area contributed by atoms with Crippen molar-refractivity contribution in [2.45, 2.75) is 13.8 Å². The fraction of sp³-hybridized carbons (Fsp3) is 0.0690. The van der Waals surface area contributed by atoms with E-state index < -0.39 is 11.8 Å². The van der Waals surface area contributed by atoms with E-state index in [4.69, 9.17) is 0 Å². The lowest BCUT2D eigenvalue weighted by Gasteiger charge is -2.09. The molecule has 0 amide bonds. The van der Waals surface area contributed by atoms with Crippen molar-refractivity contribution in [3.63, 3.8) is 0 Å². The molecule has 1 aromatic heterocycles. The maximum Gasteiger partial charge on any atom is 0.335 e. The first-order chi connectivity index (χ1) is 17.7. The standard InChI is InChI=1S/C29H22FN3O4/c1-16-9-11-21(13-17(16)2)33-25-15-20(30)10-12-23(25)26(28(33)35)32-31-24-8-4-7-22(27(24)34)18-5-3-6-19(14-18)29(36)37/h3-15,34-35H,1-2H3,(H,36,37). The third kappa shape index (κ3) is 4.29. The van der Waals surface area contributed by atoms with E-state index in [1.807, 2.05) is 32.0 Å². The Balaban J connectivity index is 1.62. The van der Waals surface area contributed by atoms with Crippen LogP contribution in [0.15, 0.2) is 89.1 Å². The Bertz CT molecular complexity index is 1720. The molecule has 4 aromatic carbocycles. The van der Waals surface area contributed by atoms with Gasteiger partial charge in [0.25, 0.3) is 0 Å². The number of carboxylic acid groups (broad SMARTS) is 1. The maximum absolute atomic E-state index is 14.2. The van der Waals surface area contributed by atoms with Crippen molar-refractivity contribution < 1.29 is 24.5 Å². The van der Waals surface area contributed by atoms with Crippen molar-refractivity contribution in [2.75, 3.05) is 0 Å². The normalized spacial score (nSPS) is 11.4. The summed E-state index contributed by atoms with van der Waals surface area (Å²) in [6, 6.07) is 20.8. The first kappa shape index (κ1) is 23.7. The number of fused-ring (bicyclic) bond motifs is 1. The quantitative estimate of drug-likeness (QED) is 0.218. The number of aromatic carboxylic acids is 1. The molecule has 8 heteroatoms. The molecule has 5 aromatic rings. The van der Waals surface area contributed by atoms with E-state index in [-0.39, 0.29) is 28.6 Å². The highest BCUT2D eigenvalue weighted by Crippen LogP contribution is 2.43. The van der Waals surface area contributed by atoms with Gasteiger partial charge in [0.05, 0.1) is 11.1 Å². The molecule has 0 unspecified atom stereocenters. The molecular formula is C29H22FN3O4. The van der Waals surface area contributed by atoms with Gasteiger partial charge in [0.15, 0.2) is 11.4 Å². The Morgan fingerprint density at radius 1 is 0.865 bits per heavy atom. The molecular weight excluding hydrogens is 473 g/mol. The number of hydrogen-bond donors (Lipinski definition) is 3. The van der Waals surface area contributed by atoms with Gasteiger partial charge in [-0.1, -0.05) is 30.3 Å². The molecule has 0 aliphatic rings. The van der Waals surface area contributed by atoms with E-state index in [1.165, 1.54) is 34.9 Å². The number of halogens is 1. The summed E-state index contributed by atoms with van der Waals surface area (Å²) in [7, 11) is 0. The van der Waals surface area contributed by atoms with E-state index in [0.29, 0.717) is 27.7 Å². The fourth-order valence-corrected chi connectivity index (χ4v) is 4.22. The molecule has 0 aliphatic heterocycles. The van der Waals surface area contributed by atoms with Crippen molar-refractivity contribution in [2.24, 2.45) is 10.2 Å². The minimum absolute atomic E-state index is 0.0836. The molecule has 1 heterocycles. The summed E-state index contributed by atoms with van der Waals surface area (Å²) in [5.41, 5.74) is 4.33. The van der Waals surface area contributed by atoms with Gasteiger partial charge in [-0.3, -0.25) is 4.57 Å². The topological polar surface area (TPSA) is 107 Å². The van der Waals surface area contributed by atoms with Gasteiger partial charge in [-0.2, -0.15) is 0 Å². The molecule has 37 heavy (non-hydrogen) atoms. The minimum Gasteiger partial charge on any atom is -0.505 e. The molecule has 5 rings (SSSR count). The number of aromatic hydroxyl groups is 2. The zero-order valence-electron chi connectivity index (χ0n) is 20.0. The number of para-hydroxylation sites is 1. The molecule has 184 valence electrons. The number of aryl methyl sites for hydroxylation is 2. The first-order valence-corrected chi connectivity index (χ1v) is 11.4. The van der Waals surface area contributed by atoms with Gasteiger partial charge in [-0.25, -0.2) is 9.18 Å². The number of nitrogens with zero attached hydrogens (tertiary/aromatic N) is 3. The zero-order chi connectivity index (χ0) is 26.3. The predicted molar refractivity (Wildman–Crippen MR) is 139 cm³/mol. The van der Waals surface area contributed by atoms with Gasteiger partial charge in [0.2, 0.25) is 5.88 Å². The predicted octanol–water partition coefficient (Wildman–Crippen LogP) is 7.58. The minimum atomic E-state index is -1.08. The Kier molecular flexibility index (Phi) is 5.93. The van der Waals surface area contributed by atoms with Gasteiger partial charge < -0.3 is 15.3 Å². The van der Waals surface area contributed by atoms with E-state index in [0.717, 1.165) is 11.1 Å². The second kappa shape index (κ2) is 9.23. The molecule has 0 saturated carbocycles. The van der Waals surface area contributed by atoms with Gasteiger partial charge in [0, 0.05) is 16.6 Å². The lowest BCUT2D eigenvalue weighted by molar-refractivity contribution is 0.0697. The summed E-state index contributed by atoms with van der Waals surface area (Å²) in [6.07, 6.45) is 0. The second-order valence-electron chi connectivity index (χ2n) is 8.70. The van der Waals surface area contributed by atoms with Crippen LogP contribution in [0, 0.1) is 19.7 Å². The summed E-state index contributed by atoms with van der Waals surface area (Å²) in [5, 5.41) is 40.2. The summed E-state index contributed by atoms with van der Waals surface area (Å²) in [4.78, 5) is 11.4. The van der Waals surface area contributed by atoms with Crippen molar-refractivity contribution in [3.8, 4) is 28.4 Å². The lowest BCUT2D eigenvalue weighted by Crippen LogP contribution is -1.95. The van der Waals surface area contributed by atoms with Crippen molar-refractivity contribution in [1.29, 1.82) is 0 Å². The van der Waals surface area contributed by atoms with Crippen LogP contribution in [0.5, 0.6) is 11.6 Å². The number of aromatic nitrogens is 1. The summed E-state index contributed by atoms with van der Waals surface area (Å²) in [5.74, 6) is -1.97. The van der Waals surface area contributed by atoms with E-state index >= 15 is 0 Å². The van der Waals surface area contributed by atoms with Gasteiger partial charge in [-0.05, 0) is 79.1 Å². The molecule has 0 atom stereocenters. The van der Waals surface area contributed by atoms with E-state index in [2.05, 4.69) is 10.2 Å². The number of benzene rings is 4. The maximum atomic E-state index is 14.2. The number of hydrogen-bond acceptors (Lipinski definition) is 5. The van der Waals surface area contributed by atoms with Crippen LogP contribution in [-0.2, 0) is 0 Å². The molecule has 0 bridgehead atoms. The van der Waals surface area contributed by atoms with Crippen molar-refractivity contribution in [1.82, 2.24) is 4.57 Å². The largest absolute Gasteiger partial charge is 0.505 e. The van der Waals surface area contributed by atoms with Crippen molar-refractivity contribution in [3.05, 3.63) is 101 Å². The molecule has 0 fully saturated rings. The van der Waals surface area contributed by atoms with Crippen LogP contribution in [0.1, 0.15) is 21.5 Å². The highest BCUT2D eigenvalue weighted by atomic mass is 19.1. The molecule has 0 aliphatic carbocycles. The Morgan fingerprint density at radius 2 is 1.65 bits per heavy atom. The fourth-order valence-electron chi connectivity index (χ4n) is 4.22. The second-order valence-corrected chi connectivity index (χ2v) is 8.70. The zero-order valence-corrected chi connectivity index (χ0v) is 20.0. The van der Waals surface area contributed by atoms with Crippen LogP contribution in [0.25, 0.3) is 27.7 Å². The Labute approximate surface area is 211 Å². The lowest BCUT2D eigenvalue weighted by atomic mass is 10.0. The van der Waals surface area contributed by atoms with Gasteiger partial charge in [0.1, 0.15) is 11.5 Å². The van der Waals surface area contributed by atoms with Crippen LogP contribution in [-0.4, -0.2) is 25.9 Å². The number of carboxylic acids is 1. The average Bonchev–Trinajstić information content (AvgIpc) is 3.15. The van der Waals surface area contributed by atoms with E-state index in [9.17, 15) is 24.5 Å². The Morgan fingerprint density at radius 3 is 2.41 bits per heavy atom. The Hall–Kier alpha value is -4.98. The first-order valence-electron chi connectivity index (χ1n) is 11.4. The van der Waals surface area contributed by atoms with E-state index in [1.54, 1.807) is 30.3 Å². The van der Waals surface area contributed by atoms with Gasteiger partial charge in [-0.15, -0.1) is 10.2 Å². The number of carbonyl (C=O) groups is 1. The molecule has 3 N–H and O–H groups in total. The number of phenols is 1. The number of phenolic OH excluding ortho intramolecular Hbond substituents is 1. The van der Waals surface area contributed by atoms with Crippen LogP contribution >= 0.6 is 0 Å². The van der Waals surface area contributed by atoms with Crippen molar-refractivity contribution >= 4 is 28.2 Å². The molecule has 0 spiro atoms. The highest BCUT2D eigenvalue weighted by molar-refractivity contribution is 5.96.